The first-order valence-corrected chi connectivity index (χ1v) is 5.83. The lowest BCUT2D eigenvalue weighted by Gasteiger charge is -2.09. The van der Waals surface area contributed by atoms with Crippen molar-refractivity contribution in [1.29, 1.82) is 5.41 Å². The molecule has 1 aliphatic heterocycles. The van der Waals surface area contributed by atoms with E-state index in [9.17, 15) is 4.79 Å². The average Bonchev–Trinajstić information content (AvgIpc) is 2.85. The molecule has 0 fully saturated rings. The molecule has 6 nitrogen and oxygen atoms in total. The number of benzene rings is 1. The number of nitrogens with one attached hydrogen (secondary N) is 3. The molecule has 0 saturated carbocycles. The number of anilines is 1. The van der Waals surface area contributed by atoms with Crippen LogP contribution >= 0.6 is 0 Å². The standard InChI is InChI=1S/C14H14N4O2/c1-2-12(19)18-9-4-3-5-10(8-9)20-14(16)11-6-7-17-13(11)15/h2-8H,1,16H2,(H2,15,17)(H,18,19)/b14-11+. The molecule has 0 atom stereocenters. The third-order valence-corrected chi connectivity index (χ3v) is 2.53. The zero-order valence-corrected chi connectivity index (χ0v) is 10.6. The van der Waals surface area contributed by atoms with Crippen LogP contribution in [-0.4, -0.2) is 11.7 Å². The van der Waals surface area contributed by atoms with Gasteiger partial charge in [-0.2, -0.15) is 0 Å². The van der Waals surface area contributed by atoms with Crippen LogP contribution in [0, 0.1) is 5.41 Å². The summed E-state index contributed by atoms with van der Waals surface area (Å²) in [6.45, 7) is 3.38. The Morgan fingerprint density at radius 3 is 2.95 bits per heavy atom. The van der Waals surface area contributed by atoms with Crippen molar-refractivity contribution < 1.29 is 9.53 Å². The number of carbonyl (C=O) groups excluding carboxylic acids is 1. The van der Waals surface area contributed by atoms with Crippen molar-refractivity contribution in [3.8, 4) is 5.75 Å². The predicted octanol–water partition coefficient (Wildman–Crippen LogP) is 1.45. The summed E-state index contributed by atoms with van der Waals surface area (Å²) in [4.78, 5) is 11.2. The number of nitrogens with two attached hydrogens (primary N) is 1. The van der Waals surface area contributed by atoms with Crippen molar-refractivity contribution in [1.82, 2.24) is 5.32 Å². The lowest BCUT2D eigenvalue weighted by molar-refractivity contribution is -0.111. The fourth-order valence-corrected chi connectivity index (χ4v) is 1.59. The Bertz CT molecular complexity index is 632. The number of hydrogen-bond acceptors (Lipinski definition) is 4. The van der Waals surface area contributed by atoms with Crippen LogP contribution in [0.5, 0.6) is 5.75 Å². The van der Waals surface area contributed by atoms with Gasteiger partial charge in [0.2, 0.25) is 11.8 Å². The van der Waals surface area contributed by atoms with Crippen LogP contribution in [0.25, 0.3) is 0 Å². The molecule has 1 aromatic carbocycles. The smallest absolute Gasteiger partial charge is 0.247 e. The van der Waals surface area contributed by atoms with Crippen molar-refractivity contribution >= 4 is 17.4 Å². The minimum Gasteiger partial charge on any atom is -0.441 e. The van der Waals surface area contributed by atoms with Gasteiger partial charge < -0.3 is 21.1 Å². The highest BCUT2D eigenvalue weighted by Crippen LogP contribution is 2.20. The molecule has 0 radical (unpaired) electrons. The first-order chi connectivity index (χ1) is 9.60. The Morgan fingerprint density at radius 1 is 1.50 bits per heavy atom. The molecule has 20 heavy (non-hydrogen) atoms. The van der Waals surface area contributed by atoms with Crippen LogP contribution in [0.15, 0.2) is 60.7 Å². The number of amides is 1. The van der Waals surface area contributed by atoms with Crippen LogP contribution in [0.3, 0.4) is 0 Å². The van der Waals surface area contributed by atoms with Gasteiger partial charge >= 0.3 is 0 Å². The van der Waals surface area contributed by atoms with E-state index < -0.39 is 0 Å². The van der Waals surface area contributed by atoms with E-state index in [0.29, 0.717) is 17.0 Å². The number of carbonyl (C=O) groups is 1. The van der Waals surface area contributed by atoms with E-state index in [-0.39, 0.29) is 17.6 Å². The van der Waals surface area contributed by atoms with Crippen LogP contribution in [-0.2, 0) is 4.79 Å². The molecule has 0 unspecified atom stereocenters. The Hall–Kier alpha value is -3.02. The zero-order chi connectivity index (χ0) is 14.5. The van der Waals surface area contributed by atoms with Gasteiger partial charge in [0.1, 0.15) is 11.6 Å². The lowest BCUT2D eigenvalue weighted by atomic mass is 10.2. The van der Waals surface area contributed by atoms with E-state index in [0.717, 1.165) is 0 Å². The largest absolute Gasteiger partial charge is 0.441 e. The summed E-state index contributed by atoms with van der Waals surface area (Å²) in [5, 5.41) is 12.9. The Balaban J connectivity index is 2.16. The summed E-state index contributed by atoms with van der Waals surface area (Å²) in [6, 6.07) is 6.77. The van der Waals surface area contributed by atoms with Gasteiger partial charge in [0.25, 0.3) is 0 Å². The molecule has 2 rings (SSSR count). The van der Waals surface area contributed by atoms with Crippen molar-refractivity contribution in [2.75, 3.05) is 5.32 Å². The van der Waals surface area contributed by atoms with Gasteiger partial charge in [-0.1, -0.05) is 12.6 Å². The number of hydrogen-bond donors (Lipinski definition) is 4. The van der Waals surface area contributed by atoms with Crippen molar-refractivity contribution in [2.45, 2.75) is 0 Å². The first kappa shape index (κ1) is 13.4. The fourth-order valence-electron chi connectivity index (χ4n) is 1.59. The SMILES string of the molecule is C=CC(=O)Nc1cccc(O/C(N)=C2\C=CNC2=N)c1. The second-order valence-electron chi connectivity index (χ2n) is 3.95. The molecular weight excluding hydrogens is 256 g/mol. The molecule has 1 amide bonds. The van der Waals surface area contributed by atoms with Gasteiger partial charge in [0.05, 0.1) is 5.57 Å². The second-order valence-corrected chi connectivity index (χ2v) is 3.95. The molecule has 6 heteroatoms. The van der Waals surface area contributed by atoms with Gasteiger partial charge in [-0.25, -0.2) is 0 Å². The maximum absolute atomic E-state index is 11.2. The highest BCUT2D eigenvalue weighted by Gasteiger charge is 2.13. The molecule has 1 aromatic rings. The third-order valence-electron chi connectivity index (χ3n) is 2.53. The number of rotatable bonds is 4. The molecule has 0 aromatic heterocycles. The molecule has 0 spiro atoms. The topological polar surface area (TPSA) is 100 Å². The molecule has 102 valence electrons. The minimum absolute atomic E-state index is 0.114. The first-order valence-electron chi connectivity index (χ1n) is 5.83. The molecule has 1 aliphatic rings. The summed E-state index contributed by atoms with van der Waals surface area (Å²) in [5.74, 6) is 0.449. The molecular formula is C14H14N4O2. The van der Waals surface area contributed by atoms with Crippen LogP contribution < -0.4 is 21.1 Å². The van der Waals surface area contributed by atoms with Crippen LogP contribution in [0.1, 0.15) is 0 Å². The van der Waals surface area contributed by atoms with Gasteiger partial charge in [0.15, 0.2) is 0 Å². The summed E-state index contributed by atoms with van der Waals surface area (Å²) < 4.78 is 5.47. The summed E-state index contributed by atoms with van der Waals surface area (Å²) in [5.41, 5.74) is 6.85. The zero-order valence-electron chi connectivity index (χ0n) is 10.6. The Kier molecular flexibility index (Phi) is 3.85. The molecule has 0 saturated heterocycles. The number of amidine groups is 1. The van der Waals surface area contributed by atoms with E-state index in [1.807, 2.05) is 0 Å². The van der Waals surface area contributed by atoms with Gasteiger partial charge in [-0.15, -0.1) is 0 Å². The van der Waals surface area contributed by atoms with Crippen LogP contribution in [0.4, 0.5) is 5.69 Å². The highest BCUT2D eigenvalue weighted by molar-refractivity contribution is 6.02. The van der Waals surface area contributed by atoms with Gasteiger partial charge in [-0.05, 0) is 24.3 Å². The normalized spacial score (nSPS) is 15.5. The summed E-state index contributed by atoms with van der Waals surface area (Å²) in [7, 11) is 0. The monoisotopic (exact) mass is 270 g/mol. The van der Waals surface area contributed by atoms with Gasteiger partial charge in [-0.3, -0.25) is 10.2 Å². The van der Waals surface area contributed by atoms with Crippen molar-refractivity contribution in [3.05, 3.63) is 60.7 Å². The maximum Gasteiger partial charge on any atom is 0.247 e. The lowest BCUT2D eigenvalue weighted by Crippen LogP contribution is -2.18. The quantitative estimate of drug-likeness (QED) is 0.491. The Labute approximate surface area is 116 Å². The highest BCUT2D eigenvalue weighted by atomic mass is 16.5. The van der Waals surface area contributed by atoms with Gasteiger partial charge in [0, 0.05) is 18.0 Å². The average molecular weight is 270 g/mol. The van der Waals surface area contributed by atoms with Crippen LogP contribution in [0.2, 0.25) is 0 Å². The van der Waals surface area contributed by atoms with Crippen molar-refractivity contribution in [3.63, 3.8) is 0 Å². The third kappa shape index (κ3) is 3.05. The van der Waals surface area contributed by atoms with E-state index in [4.69, 9.17) is 15.9 Å². The molecule has 1 heterocycles. The molecule has 0 bridgehead atoms. The predicted molar refractivity (Wildman–Crippen MR) is 77.1 cm³/mol. The second kappa shape index (κ2) is 5.75. The molecule has 0 aliphatic carbocycles. The van der Waals surface area contributed by atoms with E-state index in [1.165, 1.54) is 6.08 Å². The Morgan fingerprint density at radius 2 is 2.30 bits per heavy atom. The number of ether oxygens (including phenoxy) is 1. The van der Waals surface area contributed by atoms with E-state index >= 15 is 0 Å². The summed E-state index contributed by atoms with van der Waals surface area (Å²) >= 11 is 0. The minimum atomic E-state index is -0.307. The van der Waals surface area contributed by atoms with E-state index in [1.54, 1.807) is 36.5 Å². The van der Waals surface area contributed by atoms with E-state index in [2.05, 4.69) is 17.2 Å². The molecule has 5 N–H and O–H groups in total. The van der Waals surface area contributed by atoms with Crippen molar-refractivity contribution in [2.24, 2.45) is 5.73 Å². The summed E-state index contributed by atoms with van der Waals surface area (Å²) in [6.07, 6.45) is 4.44. The fraction of sp³-hybridized carbons (Fsp3) is 0. The maximum atomic E-state index is 11.2.